The smallest absolute Gasteiger partial charge is 0.337 e. The fourth-order valence-electron chi connectivity index (χ4n) is 6.77. The van der Waals surface area contributed by atoms with Crippen LogP contribution in [0.25, 0.3) is 11.1 Å². The zero-order chi connectivity index (χ0) is 31.0. The third-order valence-corrected chi connectivity index (χ3v) is 9.14. The van der Waals surface area contributed by atoms with Crippen LogP contribution in [0.4, 0.5) is 8.78 Å². The number of amides is 1. The molecule has 0 unspecified atom stereocenters. The first-order valence-electron chi connectivity index (χ1n) is 15.8. The molecule has 232 valence electrons. The molecule has 0 radical (unpaired) electrons. The Labute approximate surface area is 256 Å². The molecule has 2 aliphatic heterocycles. The Hall–Kier alpha value is -3.85. The van der Waals surface area contributed by atoms with Crippen molar-refractivity contribution in [2.24, 2.45) is 0 Å². The minimum Gasteiger partial charge on any atom is -0.494 e. The van der Waals surface area contributed by atoms with Gasteiger partial charge in [0.25, 0.3) is 5.91 Å². The topological polar surface area (TPSA) is 83.0 Å². The summed E-state index contributed by atoms with van der Waals surface area (Å²) in [5.74, 6) is -1.27. The van der Waals surface area contributed by atoms with Gasteiger partial charge in [-0.2, -0.15) is 0 Å². The predicted molar refractivity (Wildman–Crippen MR) is 163 cm³/mol. The van der Waals surface area contributed by atoms with Gasteiger partial charge in [0.05, 0.1) is 29.1 Å². The maximum Gasteiger partial charge on any atom is 0.337 e. The maximum absolute atomic E-state index is 14.8. The molecule has 3 heterocycles. The second kappa shape index (κ2) is 12.6. The number of carboxylic acids is 1. The predicted octanol–water partition coefficient (Wildman–Crippen LogP) is 6.62. The number of carbonyl (C=O) groups is 2. The fraction of sp³-hybridized carbons (Fsp3) is 0.457. The number of aryl methyl sites for hydroxylation is 1. The average molecular weight is 604 g/mol. The molecule has 1 saturated heterocycles. The molecular formula is C35H39F2N3O4. The van der Waals surface area contributed by atoms with E-state index in [2.05, 4.69) is 16.0 Å². The summed E-state index contributed by atoms with van der Waals surface area (Å²) < 4.78 is 34.6. The monoisotopic (exact) mass is 603 g/mol. The number of likely N-dealkylation sites (tertiary alicyclic amines) is 1. The average Bonchev–Trinajstić information content (AvgIpc) is 3.84. The fourth-order valence-corrected chi connectivity index (χ4v) is 6.77. The van der Waals surface area contributed by atoms with Gasteiger partial charge in [-0.15, -0.1) is 0 Å². The molecule has 0 atom stereocenters. The van der Waals surface area contributed by atoms with Crippen LogP contribution < -0.4 is 4.74 Å². The van der Waals surface area contributed by atoms with E-state index in [0.29, 0.717) is 66.7 Å². The van der Waals surface area contributed by atoms with Crippen LogP contribution in [0.1, 0.15) is 95.1 Å². The van der Waals surface area contributed by atoms with Crippen molar-refractivity contribution in [2.75, 3.05) is 26.2 Å². The number of piperidine rings is 1. The quantitative estimate of drug-likeness (QED) is 0.281. The van der Waals surface area contributed by atoms with E-state index in [-0.39, 0.29) is 17.5 Å². The summed E-state index contributed by atoms with van der Waals surface area (Å²) >= 11 is 0. The molecule has 44 heavy (non-hydrogen) atoms. The van der Waals surface area contributed by atoms with Crippen LogP contribution in [0.2, 0.25) is 0 Å². The van der Waals surface area contributed by atoms with Crippen molar-refractivity contribution < 1.29 is 28.2 Å². The third kappa shape index (κ3) is 6.07. The minimum absolute atomic E-state index is 0.0766. The number of benzene rings is 2. The summed E-state index contributed by atoms with van der Waals surface area (Å²) in [5, 5.41) is 9.73. The van der Waals surface area contributed by atoms with Crippen molar-refractivity contribution in [3.63, 3.8) is 0 Å². The molecule has 6 rings (SSSR count). The molecule has 1 aromatic heterocycles. The lowest BCUT2D eigenvalue weighted by atomic mass is 9.92. The number of nitrogens with zero attached hydrogens (tertiary/aromatic N) is 3. The Balaban J connectivity index is 1.18. The van der Waals surface area contributed by atoms with Gasteiger partial charge in [-0.1, -0.05) is 13.3 Å². The van der Waals surface area contributed by atoms with Crippen molar-refractivity contribution in [1.82, 2.24) is 14.8 Å². The summed E-state index contributed by atoms with van der Waals surface area (Å²) in [6.45, 7) is 7.25. The zero-order valence-electron chi connectivity index (χ0n) is 25.4. The van der Waals surface area contributed by atoms with E-state index < -0.39 is 17.6 Å². The largest absolute Gasteiger partial charge is 0.494 e. The summed E-state index contributed by atoms with van der Waals surface area (Å²) in [4.78, 5) is 34.3. The van der Waals surface area contributed by atoms with E-state index in [0.717, 1.165) is 68.0 Å². The molecule has 2 fully saturated rings. The number of hydrogen-bond acceptors (Lipinski definition) is 5. The van der Waals surface area contributed by atoms with E-state index in [9.17, 15) is 23.5 Å². The molecule has 1 saturated carbocycles. The molecule has 1 amide bonds. The van der Waals surface area contributed by atoms with Gasteiger partial charge >= 0.3 is 5.97 Å². The summed E-state index contributed by atoms with van der Waals surface area (Å²) in [6, 6.07) is 9.42. The molecule has 9 heteroatoms. The van der Waals surface area contributed by atoms with Crippen LogP contribution in [0.3, 0.4) is 0 Å². The Bertz CT molecular complexity index is 1580. The molecule has 0 bridgehead atoms. The number of pyridine rings is 1. The van der Waals surface area contributed by atoms with Gasteiger partial charge in [0.2, 0.25) is 0 Å². The van der Waals surface area contributed by atoms with Crippen molar-refractivity contribution >= 4 is 11.9 Å². The van der Waals surface area contributed by atoms with Crippen LogP contribution in [0, 0.1) is 11.6 Å². The second-order valence-electron chi connectivity index (χ2n) is 12.2. The van der Waals surface area contributed by atoms with E-state index in [1.165, 1.54) is 18.2 Å². The van der Waals surface area contributed by atoms with E-state index in [1.54, 1.807) is 0 Å². The van der Waals surface area contributed by atoms with Gasteiger partial charge in [0.15, 0.2) is 0 Å². The van der Waals surface area contributed by atoms with Crippen molar-refractivity contribution in [2.45, 2.75) is 77.3 Å². The maximum atomic E-state index is 14.8. The normalized spacial score (nSPS) is 17.5. The van der Waals surface area contributed by atoms with E-state index >= 15 is 0 Å². The van der Waals surface area contributed by atoms with Crippen molar-refractivity contribution in [3.8, 4) is 16.9 Å². The first kappa shape index (κ1) is 30.2. The van der Waals surface area contributed by atoms with Gasteiger partial charge in [-0.3, -0.25) is 14.7 Å². The number of rotatable bonds is 10. The zero-order valence-corrected chi connectivity index (χ0v) is 25.4. The number of ether oxygens (including phenoxy) is 1. The highest BCUT2D eigenvalue weighted by atomic mass is 19.1. The third-order valence-electron chi connectivity index (χ3n) is 9.14. The Morgan fingerprint density at radius 1 is 1.00 bits per heavy atom. The van der Waals surface area contributed by atoms with Gasteiger partial charge in [0.1, 0.15) is 17.4 Å². The molecule has 2 aromatic carbocycles. The highest BCUT2D eigenvalue weighted by Crippen LogP contribution is 2.47. The molecule has 1 N–H and O–H groups in total. The van der Waals surface area contributed by atoms with Gasteiger partial charge in [-0.05, 0) is 86.4 Å². The van der Waals surface area contributed by atoms with Crippen molar-refractivity contribution in [1.29, 1.82) is 0 Å². The first-order chi connectivity index (χ1) is 21.3. The number of aromatic nitrogens is 1. The Morgan fingerprint density at radius 2 is 1.77 bits per heavy atom. The number of halogens is 2. The van der Waals surface area contributed by atoms with E-state index in [4.69, 9.17) is 4.74 Å². The number of aromatic carboxylic acids is 1. The Kier molecular flexibility index (Phi) is 8.67. The molecule has 7 nitrogen and oxygen atoms in total. The summed E-state index contributed by atoms with van der Waals surface area (Å²) in [7, 11) is 0. The SMILES string of the molecule is CCCc1nc2c(cc1C(=O)O)C(=O)N(C1CCN(Cc3cc(C4CC4)c(-c4ccc(F)cc4F)cc3OCC)CC1)CC2. The van der Waals surface area contributed by atoms with Crippen LogP contribution in [-0.4, -0.2) is 64.0 Å². The highest BCUT2D eigenvalue weighted by molar-refractivity contribution is 5.99. The number of fused-ring (bicyclic) bond motifs is 1. The lowest BCUT2D eigenvalue weighted by Crippen LogP contribution is -2.50. The van der Waals surface area contributed by atoms with Gasteiger partial charge in [-0.25, -0.2) is 13.6 Å². The van der Waals surface area contributed by atoms with Gasteiger partial charge in [0, 0.05) is 55.8 Å². The standard InChI is InChI=1S/C35H39F2N3O4/c1-3-5-31-29(35(42)43)18-28-32(38-31)12-15-40(34(28)41)24-10-13-39(14-11-24)20-22-16-26(21-6-7-21)27(19-33(22)44-4-2)25-9-8-23(36)17-30(25)37/h8-9,16-19,21,24H,3-7,10-15,20H2,1-2H3,(H,42,43). The number of hydrogen-bond donors (Lipinski definition) is 1. The van der Waals surface area contributed by atoms with Gasteiger partial charge < -0.3 is 14.7 Å². The lowest BCUT2D eigenvalue weighted by Gasteiger charge is -2.40. The molecule has 3 aliphatic rings. The summed E-state index contributed by atoms with van der Waals surface area (Å²) in [5.41, 5.74) is 5.09. The molecule has 0 spiro atoms. The number of carboxylic acid groups (broad SMARTS) is 1. The van der Waals surface area contributed by atoms with Crippen molar-refractivity contribution in [3.05, 3.63) is 81.7 Å². The molecule has 1 aliphatic carbocycles. The minimum atomic E-state index is -1.05. The highest BCUT2D eigenvalue weighted by Gasteiger charge is 2.35. The number of carbonyl (C=O) groups excluding carboxylic acids is 1. The van der Waals surface area contributed by atoms with Crippen LogP contribution >= 0.6 is 0 Å². The van der Waals surface area contributed by atoms with E-state index in [1.807, 2.05) is 24.8 Å². The molecule has 3 aromatic rings. The van der Waals surface area contributed by atoms with Crippen LogP contribution in [0.5, 0.6) is 5.75 Å². The summed E-state index contributed by atoms with van der Waals surface area (Å²) in [6.07, 6.45) is 5.70. The lowest BCUT2D eigenvalue weighted by molar-refractivity contribution is 0.0543. The Morgan fingerprint density at radius 3 is 2.43 bits per heavy atom. The molecular weight excluding hydrogens is 564 g/mol. The first-order valence-corrected chi connectivity index (χ1v) is 15.8. The van der Waals surface area contributed by atoms with Crippen LogP contribution in [-0.2, 0) is 19.4 Å². The van der Waals surface area contributed by atoms with Crippen LogP contribution in [0.15, 0.2) is 36.4 Å². The second-order valence-corrected chi connectivity index (χ2v) is 12.2.